The largest absolute Gasteiger partial charge is 0.496 e. The van der Waals surface area contributed by atoms with Crippen LogP contribution in [0.25, 0.3) is 11.1 Å². The number of methoxy groups -OCH3 is 1. The number of benzene rings is 3. The van der Waals surface area contributed by atoms with Crippen LogP contribution >= 0.6 is 23.2 Å². The molecular formula is C36H37Cl2N5O5. The van der Waals surface area contributed by atoms with Gasteiger partial charge in [-0.25, -0.2) is 4.98 Å². The minimum atomic E-state index is -2.23. The number of aliphatic carboxylic acids is 1. The Hall–Kier alpha value is -4.09. The molecule has 1 amide bonds. The number of rotatable bonds is 10. The van der Waals surface area contributed by atoms with Crippen molar-refractivity contribution in [1.29, 1.82) is 0 Å². The molecule has 12 heteroatoms. The van der Waals surface area contributed by atoms with Gasteiger partial charge in [-0.15, -0.1) is 0 Å². The predicted octanol–water partition coefficient (Wildman–Crippen LogP) is 6.42. The fraction of sp³-hybridized carbons (Fsp3) is 0.361. The number of hydrogen-bond donors (Lipinski definition) is 3. The zero-order valence-electron chi connectivity index (χ0n) is 29.5. The maximum absolute atomic E-state index is 13.5. The smallest absolute Gasteiger partial charge is 0.323 e. The number of imidazole rings is 1. The molecule has 1 atom stereocenters. The third kappa shape index (κ3) is 5.91. The maximum atomic E-state index is 13.5. The van der Waals surface area contributed by atoms with Crippen LogP contribution in [0, 0.1) is 0 Å². The zero-order valence-corrected chi connectivity index (χ0v) is 28.0. The Kier molecular flexibility index (Phi) is 7.67. The summed E-state index contributed by atoms with van der Waals surface area (Å²) in [6.07, 6.45) is 2.77. The first kappa shape index (κ1) is 28.9. The van der Waals surface area contributed by atoms with Gasteiger partial charge in [-0.1, -0.05) is 53.5 Å². The summed E-state index contributed by atoms with van der Waals surface area (Å²) in [7, 11) is 3.31. The van der Waals surface area contributed by atoms with E-state index in [2.05, 4.69) is 15.6 Å². The van der Waals surface area contributed by atoms with Crippen LogP contribution in [0.15, 0.2) is 48.5 Å². The van der Waals surface area contributed by atoms with E-state index in [4.69, 9.17) is 36.8 Å². The number of likely N-dealkylation sites (N-methyl/N-ethyl adjacent to an activating group) is 1. The molecule has 1 saturated carbocycles. The Balaban J connectivity index is 1.09. The number of nitrogens with zero attached hydrogens (tertiary/aromatic N) is 3. The number of aromatic nitrogens is 2. The van der Waals surface area contributed by atoms with E-state index < -0.39 is 24.4 Å². The number of carbonyl (C=O) groups is 2. The van der Waals surface area contributed by atoms with Crippen LogP contribution in [0.3, 0.4) is 0 Å². The first-order chi connectivity index (χ1) is 24.3. The molecule has 3 aliphatic rings. The van der Waals surface area contributed by atoms with Crippen molar-refractivity contribution in [3.05, 3.63) is 92.5 Å². The third-order valence-electron chi connectivity index (χ3n) is 9.59. The molecule has 7 rings (SSSR count). The summed E-state index contributed by atoms with van der Waals surface area (Å²) in [6, 6.07) is 14.9. The van der Waals surface area contributed by atoms with Crippen LogP contribution in [-0.2, 0) is 37.8 Å². The van der Waals surface area contributed by atoms with E-state index in [-0.39, 0.29) is 18.5 Å². The summed E-state index contributed by atoms with van der Waals surface area (Å²) >= 11 is 13.7. The SMILES string of the molecule is [2H]C([2H])([2H])N1CCc2c(nc(C(=O)Nc3cccc(-c4cccc5c4CCC5Oc4cc(OC)c(CNC5(C(=O)O)CC5)cc4Cl)c3Cl)n2C)C1. The van der Waals surface area contributed by atoms with Gasteiger partial charge in [0.2, 0.25) is 0 Å². The molecule has 1 unspecified atom stereocenters. The highest BCUT2D eigenvalue weighted by molar-refractivity contribution is 6.36. The Labute approximate surface area is 293 Å². The summed E-state index contributed by atoms with van der Waals surface area (Å²) in [6.45, 7) is -1.44. The number of anilines is 1. The normalized spacial score (nSPS) is 19.0. The van der Waals surface area contributed by atoms with E-state index in [0.29, 0.717) is 71.7 Å². The van der Waals surface area contributed by atoms with Gasteiger partial charge in [0.15, 0.2) is 5.82 Å². The topological polar surface area (TPSA) is 118 Å². The average Bonchev–Trinajstić information content (AvgIpc) is 3.69. The lowest BCUT2D eigenvalue weighted by molar-refractivity contribution is -0.140. The number of carboxylic acids is 1. The van der Waals surface area contributed by atoms with Crippen molar-refractivity contribution in [2.75, 3.05) is 25.9 Å². The van der Waals surface area contributed by atoms with Crippen molar-refractivity contribution in [2.24, 2.45) is 7.05 Å². The Morgan fingerprint density at radius 1 is 1.12 bits per heavy atom. The molecule has 0 spiro atoms. The summed E-state index contributed by atoms with van der Waals surface area (Å²) < 4.78 is 37.1. The Morgan fingerprint density at radius 3 is 2.67 bits per heavy atom. The molecule has 250 valence electrons. The number of carboxylic acid groups (broad SMARTS) is 1. The molecule has 0 radical (unpaired) electrons. The lowest BCUT2D eigenvalue weighted by Gasteiger charge is -2.21. The fourth-order valence-electron chi connectivity index (χ4n) is 6.74. The summed E-state index contributed by atoms with van der Waals surface area (Å²) in [5.74, 6) is -0.115. The standard InChI is InChI=1S/C36H37Cl2N5O5/c1-42-15-12-28-27(19-42)40-33(43(28)2)34(44)41-26-9-5-8-24(32(26)38)21-6-4-7-23-22(21)10-11-29(23)48-31-17-30(47-3)20(16-25(31)37)18-39-36(13-14-36)35(45)46/h4-9,16-17,29,39H,10-15,18-19H2,1-3H3,(H,41,44)(H,45,46)/i1D3. The van der Waals surface area contributed by atoms with Gasteiger partial charge in [0.25, 0.3) is 5.91 Å². The molecule has 2 heterocycles. The molecule has 3 aromatic carbocycles. The van der Waals surface area contributed by atoms with Crippen molar-refractivity contribution in [3.8, 4) is 22.6 Å². The number of fused-ring (bicyclic) bond motifs is 2. The summed E-state index contributed by atoms with van der Waals surface area (Å²) in [4.78, 5) is 31.0. The van der Waals surface area contributed by atoms with Crippen LogP contribution < -0.4 is 20.1 Å². The highest BCUT2D eigenvalue weighted by Gasteiger charge is 2.50. The van der Waals surface area contributed by atoms with E-state index >= 15 is 0 Å². The minimum absolute atomic E-state index is 0.144. The maximum Gasteiger partial charge on any atom is 0.323 e. The molecule has 0 bridgehead atoms. The number of carbonyl (C=O) groups excluding carboxylic acids is 1. The van der Waals surface area contributed by atoms with E-state index in [1.165, 1.54) is 4.90 Å². The third-order valence-corrected chi connectivity index (χ3v) is 10.3. The zero-order chi connectivity index (χ0) is 36.2. The molecular weight excluding hydrogens is 653 g/mol. The van der Waals surface area contributed by atoms with Gasteiger partial charge in [0.1, 0.15) is 23.1 Å². The van der Waals surface area contributed by atoms with Crippen molar-refractivity contribution < 1.29 is 28.3 Å². The van der Waals surface area contributed by atoms with Gasteiger partial charge in [-0.3, -0.25) is 14.9 Å². The fourth-order valence-corrected chi connectivity index (χ4v) is 7.25. The van der Waals surface area contributed by atoms with Crippen LogP contribution in [0.2, 0.25) is 10.0 Å². The molecule has 1 aromatic heterocycles. The molecule has 10 nitrogen and oxygen atoms in total. The highest BCUT2D eigenvalue weighted by atomic mass is 35.5. The summed E-state index contributed by atoms with van der Waals surface area (Å²) in [5, 5.41) is 16.3. The van der Waals surface area contributed by atoms with E-state index in [0.717, 1.165) is 39.9 Å². The van der Waals surface area contributed by atoms with Crippen LogP contribution in [0.1, 0.15) is 68.2 Å². The van der Waals surface area contributed by atoms with Crippen LogP contribution in [-0.4, -0.2) is 57.6 Å². The van der Waals surface area contributed by atoms with Gasteiger partial charge in [-0.2, -0.15) is 0 Å². The quantitative estimate of drug-likeness (QED) is 0.174. The number of nitrogens with one attached hydrogen (secondary N) is 2. The Morgan fingerprint density at radius 2 is 1.92 bits per heavy atom. The lowest BCUT2D eigenvalue weighted by atomic mass is 9.96. The van der Waals surface area contributed by atoms with Crippen molar-refractivity contribution in [1.82, 2.24) is 19.8 Å². The van der Waals surface area contributed by atoms with E-state index in [1.807, 2.05) is 30.3 Å². The van der Waals surface area contributed by atoms with Crippen LogP contribution in [0.5, 0.6) is 11.5 Å². The minimum Gasteiger partial charge on any atom is -0.496 e. The summed E-state index contributed by atoms with van der Waals surface area (Å²) in [5.41, 5.74) is 5.45. The van der Waals surface area contributed by atoms with Crippen molar-refractivity contribution >= 4 is 40.8 Å². The lowest BCUT2D eigenvalue weighted by Crippen LogP contribution is -2.38. The number of amides is 1. The second-order valence-electron chi connectivity index (χ2n) is 12.5. The second-order valence-corrected chi connectivity index (χ2v) is 13.3. The predicted molar refractivity (Wildman–Crippen MR) is 184 cm³/mol. The molecule has 2 aliphatic carbocycles. The molecule has 4 aromatic rings. The number of halogens is 2. The average molecular weight is 694 g/mol. The first-order valence-corrected chi connectivity index (χ1v) is 16.6. The number of ether oxygens (including phenoxy) is 2. The van der Waals surface area contributed by atoms with Crippen molar-refractivity contribution in [2.45, 2.75) is 56.8 Å². The monoisotopic (exact) mass is 692 g/mol. The second kappa shape index (κ2) is 12.7. The van der Waals surface area contributed by atoms with Gasteiger partial charge >= 0.3 is 5.97 Å². The molecule has 0 saturated heterocycles. The molecule has 1 fully saturated rings. The molecule has 48 heavy (non-hydrogen) atoms. The van der Waals surface area contributed by atoms with Gasteiger partial charge < -0.3 is 29.4 Å². The highest BCUT2D eigenvalue weighted by Crippen LogP contribution is 2.45. The Bertz CT molecular complexity index is 2050. The van der Waals surface area contributed by atoms with Crippen LogP contribution in [0.4, 0.5) is 5.69 Å². The molecule has 3 N–H and O–H groups in total. The van der Waals surface area contributed by atoms with Crippen molar-refractivity contribution in [3.63, 3.8) is 0 Å². The number of hydrogen-bond acceptors (Lipinski definition) is 7. The van der Waals surface area contributed by atoms with E-state index in [1.54, 1.807) is 36.9 Å². The van der Waals surface area contributed by atoms with Gasteiger partial charge in [0, 0.05) is 60.1 Å². The molecule has 1 aliphatic heterocycles. The van der Waals surface area contributed by atoms with Gasteiger partial charge in [0.05, 0.1) is 28.5 Å². The van der Waals surface area contributed by atoms with E-state index in [9.17, 15) is 14.7 Å². The first-order valence-electron chi connectivity index (χ1n) is 17.3. The van der Waals surface area contributed by atoms with Gasteiger partial charge in [-0.05, 0) is 61.5 Å².